The number of likely N-dealkylation sites (tertiary alicyclic amines) is 1. The Morgan fingerprint density at radius 3 is 2.69 bits per heavy atom. The molecular weight excluding hydrogens is 624 g/mol. The number of amides is 1. The van der Waals surface area contributed by atoms with Gasteiger partial charge in [0.05, 0.1) is 36.8 Å². The number of pyridine rings is 1. The first kappa shape index (κ1) is 32.3. The van der Waals surface area contributed by atoms with E-state index < -0.39 is 11.9 Å². The minimum Gasteiger partial charge on any atom is -0.497 e. The summed E-state index contributed by atoms with van der Waals surface area (Å²) in [4.78, 5) is 52.1. The van der Waals surface area contributed by atoms with Crippen molar-refractivity contribution in [1.29, 1.82) is 5.26 Å². The molecule has 5 heterocycles. The molecule has 2 aliphatic heterocycles. The van der Waals surface area contributed by atoms with E-state index in [1.54, 1.807) is 59.7 Å². The second-order valence-electron chi connectivity index (χ2n) is 11.3. The molecule has 0 saturated carbocycles. The average Bonchev–Trinajstić information content (AvgIpc) is 3.56. The summed E-state index contributed by atoms with van der Waals surface area (Å²) in [7, 11) is 3.51. The molecular formula is C35H32N10O4. The first-order chi connectivity index (χ1) is 23.9. The number of nitrogens with zero attached hydrogens (tertiary/aromatic N) is 8. The number of ether oxygens (including phenoxy) is 1. The van der Waals surface area contributed by atoms with Crippen molar-refractivity contribution >= 4 is 40.8 Å². The number of anilines is 3. The Morgan fingerprint density at radius 1 is 1.14 bits per heavy atom. The third-order valence-corrected chi connectivity index (χ3v) is 8.18. The number of imidazole rings is 1. The van der Waals surface area contributed by atoms with Crippen molar-refractivity contribution in [2.24, 2.45) is 0 Å². The zero-order valence-electron chi connectivity index (χ0n) is 26.8. The van der Waals surface area contributed by atoms with Crippen molar-refractivity contribution in [2.45, 2.75) is 25.4 Å². The van der Waals surface area contributed by atoms with Gasteiger partial charge in [-0.3, -0.25) is 9.69 Å². The topological polar surface area (TPSA) is 161 Å². The van der Waals surface area contributed by atoms with Crippen molar-refractivity contribution in [3.8, 4) is 11.8 Å². The van der Waals surface area contributed by atoms with Crippen LogP contribution in [0, 0.1) is 11.3 Å². The van der Waals surface area contributed by atoms with Gasteiger partial charge < -0.3 is 25.2 Å². The van der Waals surface area contributed by atoms with Crippen LogP contribution in [0.25, 0.3) is 5.65 Å². The van der Waals surface area contributed by atoms with E-state index in [9.17, 15) is 19.6 Å². The van der Waals surface area contributed by atoms with Gasteiger partial charge in [-0.15, -0.1) is 5.10 Å². The normalized spacial score (nSPS) is 15.6. The van der Waals surface area contributed by atoms with E-state index >= 15 is 0 Å². The van der Waals surface area contributed by atoms with Crippen molar-refractivity contribution in [3.05, 3.63) is 108 Å². The molecule has 1 amide bonds. The number of aromatic nitrogens is 4. The van der Waals surface area contributed by atoms with Gasteiger partial charge in [0.15, 0.2) is 28.8 Å². The molecule has 0 aliphatic carbocycles. The van der Waals surface area contributed by atoms with Gasteiger partial charge in [-0.05, 0) is 54.8 Å². The first-order valence-corrected chi connectivity index (χ1v) is 15.5. The molecule has 0 spiro atoms. The molecule has 14 heteroatoms. The molecule has 1 atom stereocenters. The van der Waals surface area contributed by atoms with Crippen molar-refractivity contribution in [3.63, 3.8) is 0 Å². The molecule has 14 nitrogen and oxygen atoms in total. The monoisotopic (exact) mass is 656 g/mol. The van der Waals surface area contributed by atoms with E-state index in [2.05, 4.69) is 26.7 Å². The number of rotatable bonds is 10. The molecule has 3 aromatic heterocycles. The third-order valence-electron chi connectivity index (χ3n) is 8.18. The summed E-state index contributed by atoms with van der Waals surface area (Å²) in [5.74, 6) is 5.01. The molecule has 2 N–H and O–H groups in total. The van der Waals surface area contributed by atoms with Crippen LogP contribution in [0.3, 0.4) is 0 Å². The van der Waals surface area contributed by atoms with Crippen LogP contribution in [0.5, 0.6) is 5.75 Å². The average molecular weight is 657 g/mol. The molecule has 49 heavy (non-hydrogen) atoms. The zero-order valence-corrected chi connectivity index (χ0v) is 26.8. The van der Waals surface area contributed by atoms with Crippen LogP contribution >= 0.6 is 0 Å². The molecule has 0 radical (unpaired) electrons. The number of benzene rings is 1. The molecule has 0 bridgehead atoms. The van der Waals surface area contributed by atoms with Gasteiger partial charge in [-0.1, -0.05) is 18.2 Å². The predicted octanol–water partition coefficient (Wildman–Crippen LogP) is 3.25. The summed E-state index contributed by atoms with van der Waals surface area (Å²) in [5.41, 5.74) is 3.00. The van der Waals surface area contributed by atoms with E-state index in [-0.39, 0.29) is 23.6 Å². The summed E-state index contributed by atoms with van der Waals surface area (Å²) in [6.07, 6.45) is 9.45. The second kappa shape index (κ2) is 14.4. The number of fused-ring (bicyclic) bond motifs is 1. The number of nitriles is 1. The van der Waals surface area contributed by atoms with Crippen LogP contribution in [0.4, 0.5) is 17.3 Å². The van der Waals surface area contributed by atoms with Gasteiger partial charge in [-0.25, -0.2) is 24.1 Å². The smallest absolute Gasteiger partial charge is 0.272 e. The van der Waals surface area contributed by atoms with Crippen molar-refractivity contribution < 1.29 is 19.1 Å². The zero-order chi connectivity index (χ0) is 34.3. The number of hydrogen-bond acceptors (Lipinski definition) is 12. The number of methoxy groups -OCH3 is 1. The second-order valence-corrected chi connectivity index (χ2v) is 11.3. The highest BCUT2D eigenvalue weighted by Gasteiger charge is 2.29. The van der Waals surface area contributed by atoms with Crippen LogP contribution in [0.1, 0.15) is 28.9 Å². The summed E-state index contributed by atoms with van der Waals surface area (Å²) in [5, 5.41) is 20.1. The number of nitrogens with one attached hydrogen (secondary N) is 2. The third kappa shape index (κ3) is 6.75. The van der Waals surface area contributed by atoms with Gasteiger partial charge in [0.1, 0.15) is 29.8 Å². The summed E-state index contributed by atoms with van der Waals surface area (Å²) >= 11 is 0. The maximum atomic E-state index is 13.8. The molecule has 4 aromatic rings. The van der Waals surface area contributed by atoms with E-state index in [4.69, 9.17) is 9.84 Å². The van der Waals surface area contributed by atoms with Gasteiger partial charge in [0, 0.05) is 38.6 Å². The fourth-order valence-electron chi connectivity index (χ4n) is 5.80. The SMILES string of the molecule is COc1ccc(CN(C)c2cc(NC3=CC=CN(c4ccccn4)C3=C=O)nn3c(C(=O)N[C@@H]4CCCN(CC#N)C4=C=O)cnc23)cc1. The molecule has 1 aromatic carbocycles. The van der Waals surface area contributed by atoms with Crippen molar-refractivity contribution in [2.75, 3.05) is 42.4 Å². The standard InChI is InChI=1S/C35H32N10O4/c1-42(21-24-10-12-25(49-2)13-11-24)28-19-32(39-27-8-6-17-44(31(27)23-47)33-9-3-4-15-37-33)41-45-29(20-38-34(28)45)35(48)40-26-7-5-16-43(18-14-36)30(26)22-46/h3-4,6,8-13,15,17,19-20,26H,5,7,16,18,21H2,1-2H3,(H,39,41)(H,40,48)/t26-/m1/s1. The lowest BCUT2D eigenvalue weighted by molar-refractivity contribution is 0.0921. The highest BCUT2D eigenvalue weighted by molar-refractivity contribution is 5.94. The Hall–Kier alpha value is -6.67. The number of hydrogen-bond donors (Lipinski definition) is 2. The lowest BCUT2D eigenvalue weighted by Gasteiger charge is -2.33. The highest BCUT2D eigenvalue weighted by atomic mass is 16.5. The van der Waals surface area contributed by atoms with Gasteiger partial charge in [0.2, 0.25) is 0 Å². The van der Waals surface area contributed by atoms with Crippen LogP contribution in [0.15, 0.2) is 96.4 Å². The molecule has 6 rings (SSSR count). The van der Waals surface area contributed by atoms with Crippen LogP contribution in [-0.4, -0.2) is 75.6 Å². The van der Waals surface area contributed by atoms with E-state index in [0.29, 0.717) is 54.6 Å². The number of piperidine rings is 1. The maximum absolute atomic E-state index is 13.8. The molecule has 246 valence electrons. The minimum atomic E-state index is -0.631. The largest absolute Gasteiger partial charge is 0.497 e. The van der Waals surface area contributed by atoms with E-state index in [0.717, 1.165) is 11.3 Å². The van der Waals surface area contributed by atoms with Gasteiger partial charge in [-0.2, -0.15) is 5.26 Å². The van der Waals surface area contributed by atoms with Crippen LogP contribution in [-0.2, 0) is 16.1 Å². The van der Waals surface area contributed by atoms with Gasteiger partial charge >= 0.3 is 0 Å². The van der Waals surface area contributed by atoms with Crippen LogP contribution < -0.4 is 25.2 Å². The number of carbonyl (C=O) groups is 1. The Kier molecular flexibility index (Phi) is 9.48. The number of allylic oxidation sites excluding steroid dienone is 2. The van der Waals surface area contributed by atoms with Crippen LogP contribution in [0.2, 0.25) is 0 Å². The summed E-state index contributed by atoms with van der Waals surface area (Å²) in [6.45, 7) is 1.04. The maximum Gasteiger partial charge on any atom is 0.272 e. The fraction of sp³-hybridized carbons (Fsp3) is 0.229. The Balaban J connectivity index is 1.36. The molecule has 1 fully saturated rings. The lowest BCUT2D eigenvalue weighted by atomic mass is 10.0. The summed E-state index contributed by atoms with van der Waals surface area (Å²) < 4.78 is 6.73. The van der Waals surface area contributed by atoms with E-state index in [1.807, 2.05) is 54.2 Å². The van der Waals surface area contributed by atoms with Crippen molar-refractivity contribution in [1.82, 2.24) is 29.8 Å². The fourth-order valence-corrected chi connectivity index (χ4v) is 5.80. The minimum absolute atomic E-state index is 0.0209. The van der Waals surface area contributed by atoms with Gasteiger partial charge in [0.25, 0.3) is 5.91 Å². The first-order valence-electron chi connectivity index (χ1n) is 15.5. The summed E-state index contributed by atoms with van der Waals surface area (Å²) in [6, 6.07) is 16.3. The quantitative estimate of drug-likeness (QED) is 0.190. The van der Waals surface area contributed by atoms with E-state index in [1.165, 1.54) is 10.7 Å². The number of carbonyl (C=O) groups excluding carboxylic acids is 3. The highest BCUT2D eigenvalue weighted by Crippen LogP contribution is 2.29. The molecule has 0 unspecified atom stereocenters. The molecule has 1 saturated heterocycles. The lowest BCUT2D eigenvalue weighted by Crippen LogP contribution is -2.46. The Bertz CT molecular complexity index is 2070. The Labute approximate surface area is 281 Å². The Morgan fingerprint density at radius 2 is 1.98 bits per heavy atom. The molecule has 2 aliphatic rings. The predicted molar refractivity (Wildman–Crippen MR) is 182 cm³/mol.